The van der Waals surface area contributed by atoms with Gasteiger partial charge in [0.25, 0.3) is 0 Å². The number of hydrogen-bond acceptors (Lipinski definition) is 13. The van der Waals surface area contributed by atoms with Gasteiger partial charge in [0.2, 0.25) is 5.79 Å². The van der Waals surface area contributed by atoms with E-state index in [1.54, 1.807) is 6.07 Å². The minimum absolute atomic E-state index is 0.0749. The van der Waals surface area contributed by atoms with E-state index in [1.165, 1.54) is 19.2 Å². The van der Waals surface area contributed by atoms with E-state index in [0.29, 0.717) is 5.56 Å². The Morgan fingerprint density at radius 1 is 1.06 bits per heavy atom. The smallest absolute Gasteiger partial charge is 0.224 e. The highest BCUT2D eigenvalue weighted by molar-refractivity contribution is 5.42. The molecule has 0 radical (unpaired) electrons. The molecule has 33 heavy (non-hydrogen) atoms. The van der Waals surface area contributed by atoms with Crippen molar-refractivity contribution < 1.29 is 64.2 Å². The fourth-order valence-corrected chi connectivity index (χ4v) is 4.15. The second-order valence-corrected chi connectivity index (χ2v) is 8.08. The van der Waals surface area contributed by atoms with Crippen molar-refractivity contribution in [3.8, 4) is 11.5 Å². The molecule has 4 rings (SSSR count). The number of ether oxygens (including phenoxy) is 6. The first-order chi connectivity index (χ1) is 15.7. The number of phenolic OH excluding ortho intramolecular Hbond substituents is 1. The molecule has 13 nitrogen and oxygen atoms in total. The third-order valence-electron chi connectivity index (χ3n) is 6.03. The number of phenols is 1. The van der Waals surface area contributed by atoms with Crippen LogP contribution in [0.5, 0.6) is 11.5 Å². The molecule has 3 heterocycles. The van der Waals surface area contributed by atoms with Crippen LogP contribution in [0, 0.1) is 0 Å². The summed E-state index contributed by atoms with van der Waals surface area (Å²) in [6.07, 6.45) is -12.3. The summed E-state index contributed by atoms with van der Waals surface area (Å²) in [5, 5.41) is 70.4. The van der Waals surface area contributed by atoms with Gasteiger partial charge in [0.15, 0.2) is 24.1 Å². The van der Waals surface area contributed by atoms with Gasteiger partial charge < -0.3 is 64.2 Å². The van der Waals surface area contributed by atoms with E-state index in [0.717, 1.165) is 0 Å². The monoisotopic (exact) mass is 476 g/mol. The van der Waals surface area contributed by atoms with Crippen LogP contribution in [0.15, 0.2) is 18.2 Å². The van der Waals surface area contributed by atoms with E-state index in [4.69, 9.17) is 28.4 Å². The number of aliphatic hydroxyl groups excluding tert-OH is 6. The van der Waals surface area contributed by atoms with Gasteiger partial charge in [0, 0.05) is 5.56 Å². The largest absolute Gasteiger partial charge is 0.504 e. The average molecular weight is 476 g/mol. The molecule has 3 fully saturated rings. The fraction of sp³-hybridized carbons (Fsp3) is 0.700. The van der Waals surface area contributed by atoms with Gasteiger partial charge in [-0.15, -0.1) is 0 Å². The zero-order chi connectivity index (χ0) is 23.9. The molecular formula is C20H28O13. The molecule has 0 bridgehead atoms. The standard InChI is InChI=1S/C20H28O13/c1-28-10-4-8(2-3-9(10)23)18-29-6-12-16(31-18)14(25)15(26)19(30-12)33-20(7-22)17(27)13(24)11(5-21)32-20/h2-4,11-19,21-27H,5-7H2,1H3/t11-,12-,13-,14-,15-,16-,17+,18-,19-,20+/m1/s1. The van der Waals surface area contributed by atoms with Crippen LogP contribution in [0.3, 0.4) is 0 Å². The first kappa shape index (κ1) is 24.5. The quantitative estimate of drug-likeness (QED) is 0.221. The zero-order valence-corrected chi connectivity index (χ0v) is 17.6. The van der Waals surface area contributed by atoms with Gasteiger partial charge in [-0.2, -0.15) is 0 Å². The van der Waals surface area contributed by atoms with Crippen LogP contribution >= 0.6 is 0 Å². The maximum Gasteiger partial charge on any atom is 0.224 e. The summed E-state index contributed by atoms with van der Waals surface area (Å²) in [5.41, 5.74) is 0.494. The second-order valence-electron chi connectivity index (χ2n) is 8.08. The lowest BCUT2D eigenvalue weighted by atomic mass is 9.97. The molecule has 0 aromatic heterocycles. The van der Waals surface area contributed by atoms with Gasteiger partial charge in [-0.1, -0.05) is 6.07 Å². The van der Waals surface area contributed by atoms with Crippen molar-refractivity contribution in [3.05, 3.63) is 23.8 Å². The number of hydrogen-bond donors (Lipinski definition) is 7. The van der Waals surface area contributed by atoms with Crippen LogP contribution in [0.2, 0.25) is 0 Å². The van der Waals surface area contributed by atoms with E-state index in [9.17, 15) is 35.7 Å². The van der Waals surface area contributed by atoms with Gasteiger partial charge in [-0.3, -0.25) is 0 Å². The molecule has 3 saturated heterocycles. The summed E-state index contributed by atoms with van der Waals surface area (Å²) in [5.74, 6) is -2.08. The molecule has 0 aliphatic carbocycles. The summed E-state index contributed by atoms with van der Waals surface area (Å²) < 4.78 is 33.0. The number of methoxy groups -OCH3 is 1. The van der Waals surface area contributed by atoms with Crippen LogP contribution in [0.4, 0.5) is 0 Å². The van der Waals surface area contributed by atoms with E-state index in [-0.39, 0.29) is 18.1 Å². The molecule has 1 aromatic rings. The van der Waals surface area contributed by atoms with Crippen molar-refractivity contribution in [1.82, 2.24) is 0 Å². The van der Waals surface area contributed by atoms with Gasteiger partial charge in [-0.25, -0.2) is 0 Å². The Balaban J connectivity index is 1.47. The molecule has 7 N–H and O–H groups in total. The normalized spacial score (nSPS) is 43.3. The van der Waals surface area contributed by atoms with Gasteiger partial charge in [0.05, 0.1) is 20.3 Å². The maximum absolute atomic E-state index is 10.7. The lowest BCUT2D eigenvalue weighted by Crippen LogP contribution is -2.64. The number of fused-ring (bicyclic) bond motifs is 1. The van der Waals surface area contributed by atoms with Gasteiger partial charge in [0.1, 0.15) is 49.3 Å². The van der Waals surface area contributed by atoms with Gasteiger partial charge in [-0.05, 0) is 12.1 Å². The van der Waals surface area contributed by atoms with E-state index in [2.05, 4.69) is 0 Å². The highest BCUT2D eigenvalue weighted by Crippen LogP contribution is 2.40. The molecule has 3 aliphatic heterocycles. The van der Waals surface area contributed by atoms with E-state index in [1.807, 2.05) is 0 Å². The minimum atomic E-state index is -2.20. The summed E-state index contributed by atoms with van der Waals surface area (Å²) in [6.45, 7) is -1.67. The molecule has 0 unspecified atom stereocenters. The molecule has 1 aromatic carbocycles. The van der Waals surface area contributed by atoms with Crippen LogP contribution in [-0.4, -0.2) is 117 Å². The molecular weight excluding hydrogens is 448 g/mol. The Morgan fingerprint density at radius 2 is 1.82 bits per heavy atom. The Hall–Kier alpha value is -1.62. The molecule has 10 atom stereocenters. The van der Waals surface area contributed by atoms with Crippen LogP contribution < -0.4 is 4.74 Å². The molecule has 13 heteroatoms. The second kappa shape index (κ2) is 9.56. The number of aliphatic hydroxyl groups is 6. The predicted molar refractivity (Wildman–Crippen MR) is 104 cm³/mol. The predicted octanol–water partition coefficient (Wildman–Crippen LogP) is -2.92. The highest BCUT2D eigenvalue weighted by atomic mass is 16.8. The molecule has 0 saturated carbocycles. The summed E-state index contributed by atoms with van der Waals surface area (Å²) in [7, 11) is 1.39. The highest BCUT2D eigenvalue weighted by Gasteiger charge is 2.59. The van der Waals surface area contributed by atoms with Crippen LogP contribution in [0.1, 0.15) is 11.9 Å². The van der Waals surface area contributed by atoms with Crippen LogP contribution in [0.25, 0.3) is 0 Å². The summed E-state index contributed by atoms with van der Waals surface area (Å²) in [4.78, 5) is 0. The summed E-state index contributed by atoms with van der Waals surface area (Å²) in [6, 6.07) is 4.45. The van der Waals surface area contributed by atoms with Crippen LogP contribution in [-0.2, 0) is 23.7 Å². The lowest BCUT2D eigenvalue weighted by Gasteiger charge is -2.47. The first-order valence-electron chi connectivity index (χ1n) is 10.3. The molecule has 186 valence electrons. The Kier molecular flexibility index (Phi) is 7.10. The third-order valence-corrected chi connectivity index (χ3v) is 6.03. The first-order valence-corrected chi connectivity index (χ1v) is 10.3. The Bertz CT molecular complexity index is 821. The fourth-order valence-electron chi connectivity index (χ4n) is 4.15. The van der Waals surface area contributed by atoms with Crippen molar-refractivity contribution >= 4 is 0 Å². The van der Waals surface area contributed by atoms with Crippen molar-refractivity contribution in [2.45, 2.75) is 61.1 Å². The Morgan fingerprint density at radius 3 is 2.45 bits per heavy atom. The van der Waals surface area contributed by atoms with Crippen molar-refractivity contribution in [2.75, 3.05) is 26.9 Å². The van der Waals surface area contributed by atoms with Crippen molar-refractivity contribution in [2.24, 2.45) is 0 Å². The molecule has 0 spiro atoms. The van der Waals surface area contributed by atoms with E-state index < -0.39 is 74.3 Å². The summed E-state index contributed by atoms with van der Waals surface area (Å²) >= 11 is 0. The maximum atomic E-state index is 10.7. The SMILES string of the molecule is COc1cc([C@@H]2OC[C@H]3O[C@H](O[C@]4(CO)O[C@H](CO)[C@@H](O)[C@@H]4O)[C@H](O)[C@@H](O)[C@@H]3O2)ccc1O. The number of aromatic hydroxyl groups is 1. The third kappa shape index (κ3) is 4.31. The lowest BCUT2D eigenvalue weighted by molar-refractivity contribution is -0.406. The minimum Gasteiger partial charge on any atom is -0.504 e. The molecule has 3 aliphatic rings. The number of benzene rings is 1. The number of rotatable bonds is 6. The van der Waals surface area contributed by atoms with Crippen molar-refractivity contribution in [3.63, 3.8) is 0 Å². The van der Waals surface area contributed by atoms with Crippen molar-refractivity contribution in [1.29, 1.82) is 0 Å². The zero-order valence-electron chi connectivity index (χ0n) is 17.6. The van der Waals surface area contributed by atoms with Gasteiger partial charge >= 0.3 is 0 Å². The topological polar surface area (TPSA) is 197 Å². The average Bonchev–Trinajstić information content (AvgIpc) is 3.07. The molecule has 0 amide bonds. The van der Waals surface area contributed by atoms with E-state index >= 15 is 0 Å². The Labute approximate surface area is 188 Å².